The Morgan fingerprint density at radius 1 is 1.17 bits per heavy atom. The molecule has 1 unspecified atom stereocenters. The fraction of sp³-hybridized carbons (Fsp3) is 0.143. The van der Waals surface area contributed by atoms with Gasteiger partial charge in [0.1, 0.15) is 22.8 Å². The minimum Gasteiger partial charge on any atom is -0.262 e. The first-order valence-electron chi connectivity index (χ1n) is 6.33. The maximum absolute atomic E-state index is 13.2. The van der Waals surface area contributed by atoms with Gasteiger partial charge in [0.15, 0.2) is 0 Å². The summed E-state index contributed by atoms with van der Waals surface area (Å²) in [4.78, 5) is 2.92. The third-order valence-electron chi connectivity index (χ3n) is 2.96. The number of rotatable bonds is 4. The molecule has 0 amide bonds. The van der Waals surface area contributed by atoms with Crippen molar-refractivity contribution in [3.05, 3.63) is 59.7 Å². The van der Waals surface area contributed by atoms with Gasteiger partial charge in [-0.05, 0) is 23.8 Å². The zero-order chi connectivity index (χ0) is 18.0. The first kappa shape index (κ1) is 17.8. The Balaban J connectivity index is 2.42. The van der Waals surface area contributed by atoms with E-state index in [9.17, 15) is 26.0 Å². The predicted molar refractivity (Wildman–Crippen MR) is 74.5 cm³/mol. The highest BCUT2D eigenvalue weighted by Crippen LogP contribution is 2.34. The number of nitrogens with zero attached hydrogens (tertiary/aromatic N) is 2. The molecule has 1 heterocycles. The Kier molecular flexibility index (Phi) is 4.86. The third-order valence-corrected chi connectivity index (χ3v) is 4.35. The van der Waals surface area contributed by atoms with E-state index in [1.807, 2.05) is 0 Å². The molecule has 0 saturated heterocycles. The molecule has 1 aromatic carbocycles. The number of sulfonamides is 1. The zero-order valence-corrected chi connectivity index (χ0v) is 12.6. The summed E-state index contributed by atoms with van der Waals surface area (Å²) in [5.74, 6) is -0.756. The van der Waals surface area contributed by atoms with Gasteiger partial charge in [-0.3, -0.25) is 4.98 Å². The number of nitrogens with one attached hydrogen (secondary N) is 1. The smallest absolute Gasteiger partial charge is 0.262 e. The summed E-state index contributed by atoms with van der Waals surface area (Å²) < 4.78 is 78.3. The lowest BCUT2D eigenvalue weighted by molar-refractivity contribution is -0.153. The molecular formula is C14H9F4N3O2S. The van der Waals surface area contributed by atoms with Gasteiger partial charge in [0.05, 0.1) is 5.56 Å². The van der Waals surface area contributed by atoms with Gasteiger partial charge in [-0.15, -0.1) is 0 Å². The number of aromatic nitrogens is 1. The van der Waals surface area contributed by atoms with E-state index in [1.54, 1.807) is 6.07 Å². The van der Waals surface area contributed by atoms with Gasteiger partial charge < -0.3 is 0 Å². The lowest BCUT2D eigenvalue weighted by Gasteiger charge is -2.22. The molecule has 0 spiro atoms. The van der Waals surface area contributed by atoms with Crippen LogP contribution in [-0.2, 0) is 10.0 Å². The topological polar surface area (TPSA) is 82.8 Å². The zero-order valence-electron chi connectivity index (χ0n) is 11.7. The van der Waals surface area contributed by atoms with Crippen molar-refractivity contribution in [1.82, 2.24) is 9.71 Å². The van der Waals surface area contributed by atoms with Crippen molar-refractivity contribution in [2.24, 2.45) is 0 Å². The summed E-state index contributed by atoms with van der Waals surface area (Å²) in [5, 5.41) is 8.72. The number of hydrogen-bond donors (Lipinski definition) is 1. The van der Waals surface area contributed by atoms with Crippen LogP contribution in [0.1, 0.15) is 17.2 Å². The van der Waals surface area contributed by atoms with Crippen LogP contribution in [0.3, 0.4) is 0 Å². The van der Waals surface area contributed by atoms with Crippen molar-refractivity contribution < 1.29 is 26.0 Å². The molecule has 0 aliphatic rings. The second kappa shape index (κ2) is 6.54. The van der Waals surface area contributed by atoms with E-state index in [4.69, 9.17) is 5.26 Å². The number of alkyl halides is 3. The molecule has 0 saturated carbocycles. The van der Waals surface area contributed by atoms with Gasteiger partial charge in [0.25, 0.3) is 0 Å². The molecule has 0 radical (unpaired) electrons. The van der Waals surface area contributed by atoms with Gasteiger partial charge in [-0.25, -0.2) is 12.8 Å². The Bertz CT molecular complexity index is 874. The molecule has 24 heavy (non-hydrogen) atoms. The van der Waals surface area contributed by atoms with Crippen molar-refractivity contribution >= 4 is 10.0 Å². The van der Waals surface area contributed by atoms with Crippen LogP contribution in [-0.4, -0.2) is 19.6 Å². The van der Waals surface area contributed by atoms with Gasteiger partial charge >= 0.3 is 6.18 Å². The summed E-state index contributed by atoms with van der Waals surface area (Å²) in [6.07, 6.45) is -3.06. The normalized spacial score (nSPS) is 13.3. The lowest BCUT2D eigenvalue weighted by Crippen LogP contribution is -2.38. The molecule has 1 aromatic heterocycles. The first-order chi connectivity index (χ1) is 11.1. The van der Waals surface area contributed by atoms with Crippen LogP contribution in [0.25, 0.3) is 0 Å². The number of benzene rings is 1. The Hall–Kier alpha value is -2.51. The van der Waals surface area contributed by atoms with Crippen LogP contribution in [0, 0.1) is 17.1 Å². The highest BCUT2D eigenvalue weighted by Gasteiger charge is 2.43. The minimum atomic E-state index is -4.95. The molecule has 1 atom stereocenters. The Labute approximate surface area is 134 Å². The Morgan fingerprint density at radius 3 is 2.33 bits per heavy atom. The van der Waals surface area contributed by atoms with Crippen molar-refractivity contribution in [2.75, 3.05) is 0 Å². The van der Waals surface area contributed by atoms with E-state index < -0.39 is 38.5 Å². The van der Waals surface area contributed by atoms with Crippen molar-refractivity contribution in [3.8, 4) is 6.07 Å². The van der Waals surface area contributed by atoms with Crippen LogP contribution < -0.4 is 4.72 Å². The number of pyridine rings is 1. The molecule has 1 N–H and O–H groups in total. The number of halogens is 4. The fourth-order valence-corrected chi connectivity index (χ4v) is 3.03. The van der Waals surface area contributed by atoms with Crippen LogP contribution in [0.4, 0.5) is 17.6 Å². The van der Waals surface area contributed by atoms with Gasteiger partial charge in [-0.1, -0.05) is 12.1 Å². The molecule has 0 bridgehead atoms. The van der Waals surface area contributed by atoms with Crippen LogP contribution >= 0.6 is 0 Å². The number of nitriles is 1. The highest BCUT2D eigenvalue weighted by atomic mass is 32.2. The van der Waals surface area contributed by atoms with Crippen LogP contribution in [0.5, 0.6) is 0 Å². The van der Waals surface area contributed by atoms with Crippen molar-refractivity contribution in [2.45, 2.75) is 17.1 Å². The average Bonchev–Trinajstić information content (AvgIpc) is 2.53. The molecule has 0 aliphatic carbocycles. The van der Waals surface area contributed by atoms with Gasteiger partial charge in [0.2, 0.25) is 10.0 Å². The lowest BCUT2D eigenvalue weighted by atomic mass is 10.1. The summed E-state index contributed by atoms with van der Waals surface area (Å²) >= 11 is 0. The maximum Gasteiger partial charge on any atom is 0.408 e. The fourth-order valence-electron chi connectivity index (χ4n) is 1.83. The molecule has 0 fully saturated rings. The van der Waals surface area contributed by atoms with Crippen molar-refractivity contribution in [3.63, 3.8) is 0 Å². The molecule has 126 valence electrons. The van der Waals surface area contributed by atoms with E-state index in [2.05, 4.69) is 4.98 Å². The maximum atomic E-state index is 13.2. The van der Waals surface area contributed by atoms with E-state index in [0.29, 0.717) is 0 Å². The predicted octanol–water partition coefficient (Wildman–Crippen LogP) is 2.67. The van der Waals surface area contributed by atoms with E-state index in [1.165, 1.54) is 4.72 Å². The summed E-state index contributed by atoms with van der Waals surface area (Å²) in [6, 6.07) is 3.21. The molecule has 5 nitrogen and oxygen atoms in total. The van der Waals surface area contributed by atoms with Gasteiger partial charge in [-0.2, -0.15) is 23.2 Å². The second-order valence-corrected chi connectivity index (χ2v) is 6.38. The SMILES string of the molecule is N#Cc1cncc(S(=O)(=O)NC(c2ccc(F)cc2)C(F)(F)F)c1. The molecule has 0 aliphatic heterocycles. The van der Waals surface area contributed by atoms with Crippen LogP contribution in [0.15, 0.2) is 47.6 Å². The van der Waals surface area contributed by atoms with Gasteiger partial charge in [0, 0.05) is 12.4 Å². The molecule has 2 aromatic rings. The van der Waals surface area contributed by atoms with E-state index in [-0.39, 0.29) is 5.56 Å². The third kappa shape index (κ3) is 4.06. The quantitative estimate of drug-likeness (QED) is 0.851. The second-order valence-electron chi connectivity index (χ2n) is 4.67. The summed E-state index contributed by atoms with van der Waals surface area (Å²) in [7, 11) is -4.61. The molecular weight excluding hydrogens is 350 g/mol. The Morgan fingerprint density at radius 2 is 1.79 bits per heavy atom. The molecule has 2 rings (SSSR count). The first-order valence-corrected chi connectivity index (χ1v) is 7.81. The largest absolute Gasteiger partial charge is 0.408 e. The van der Waals surface area contributed by atoms with Crippen molar-refractivity contribution in [1.29, 1.82) is 5.26 Å². The minimum absolute atomic E-state index is 0.122. The summed E-state index contributed by atoms with van der Waals surface area (Å²) in [6.45, 7) is 0. The standard InChI is InChI=1S/C14H9F4N3O2S/c15-11-3-1-10(2-4-11)13(14(16,17)18)21-24(22,23)12-5-9(6-19)7-20-8-12/h1-5,7-8,13,21H. The highest BCUT2D eigenvalue weighted by molar-refractivity contribution is 7.89. The monoisotopic (exact) mass is 359 g/mol. The van der Waals surface area contributed by atoms with Crippen LogP contribution in [0.2, 0.25) is 0 Å². The summed E-state index contributed by atoms with van der Waals surface area (Å²) in [5.41, 5.74) is -0.597. The number of hydrogen-bond acceptors (Lipinski definition) is 4. The average molecular weight is 359 g/mol. The molecule has 10 heteroatoms. The van der Waals surface area contributed by atoms with E-state index in [0.717, 1.165) is 42.7 Å². The van der Waals surface area contributed by atoms with E-state index >= 15 is 0 Å².